The van der Waals surface area contributed by atoms with E-state index in [0.29, 0.717) is 6.04 Å². The quantitative estimate of drug-likeness (QED) is 0.746. The van der Waals surface area contributed by atoms with Crippen LogP contribution in [-0.4, -0.2) is 12.0 Å². The lowest BCUT2D eigenvalue weighted by molar-refractivity contribution is 0.546. The van der Waals surface area contributed by atoms with Gasteiger partial charge < -0.3 is 5.32 Å². The molecule has 15 heavy (non-hydrogen) atoms. The van der Waals surface area contributed by atoms with Crippen molar-refractivity contribution in [3.8, 4) is 0 Å². The number of allylic oxidation sites excluding steroid dienone is 1. The van der Waals surface area contributed by atoms with Gasteiger partial charge in [0.05, 0.1) is 0 Å². The topological polar surface area (TPSA) is 24.9 Å². The molecule has 0 bridgehead atoms. The van der Waals surface area contributed by atoms with E-state index in [1.54, 1.807) is 0 Å². The largest absolute Gasteiger partial charge is 0.313 e. The average molecular weight is 204 g/mol. The minimum atomic E-state index is 0.384. The third-order valence-electron chi connectivity index (χ3n) is 2.54. The monoisotopic (exact) mass is 204 g/mol. The van der Waals surface area contributed by atoms with Gasteiger partial charge in [0, 0.05) is 17.9 Å². The molecule has 1 rings (SSSR count). The summed E-state index contributed by atoms with van der Waals surface area (Å²) < 4.78 is 0. The molecule has 0 radical (unpaired) electrons. The van der Waals surface area contributed by atoms with Crippen LogP contribution < -0.4 is 5.32 Å². The number of hydrogen-bond acceptors (Lipinski definition) is 2. The van der Waals surface area contributed by atoms with Crippen LogP contribution in [0.3, 0.4) is 0 Å². The van der Waals surface area contributed by atoms with Crippen LogP contribution >= 0.6 is 0 Å². The lowest BCUT2D eigenvalue weighted by Gasteiger charge is -2.16. The predicted molar refractivity (Wildman–Crippen MR) is 64.8 cm³/mol. The number of nitrogens with zero attached hydrogens (tertiary/aromatic N) is 1. The molecule has 0 aliphatic heterocycles. The number of aromatic nitrogens is 1. The standard InChI is InChI=1S/C13H20N2/c1-10(2)5-8-13(14-4)12-7-6-11(3)15-9-12/h6-7,9,13-14H,1,5,8H2,2-4H3. The van der Waals surface area contributed by atoms with Gasteiger partial charge in [0.1, 0.15) is 0 Å². The summed E-state index contributed by atoms with van der Waals surface area (Å²) in [5.74, 6) is 0. The van der Waals surface area contributed by atoms with Gasteiger partial charge in [0.2, 0.25) is 0 Å². The summed E-state index contributed by atoms with van der Waals surface area (Å²) in [4.78, 5) is 4.31. The minimum Gasteiger partial charge on any atom is -0.313 e. The Balaban J connectivity index is 2.65. The van der Waals surface area contributed by atoms with Gasteiger partial charge in [-0.25, -0.2) is 0 Å². The molecule has 1 aromatic heterocycles. The van der Waals surface area contributed by atoms with Crippen LogP contribution in [0.1, 0.15) is 37.1 Å². The van der Waals surface area contributed by atoms with Gasteiger partial charge in [-0.2, -0.15) is 0 Å². The molecular weight excluding hydrogens is 184 g/mol. The Morgan fingerprint density at radius 1 is 1.53 bits per heavy atom. The van der Waals surface area contributed by atoms with E-state index in [-0.39, 0.29) is 0 Å². The summed E-state index contributed by atoms with van der Waals surface area (Å²) in [5, 5.41) is 3.31. The molecule has 0 amide bonds. The van der Waals surface area contributed by atoms with Gasteiger partial charge in [-0.05, 0) is 45.4 Å². The first-order chi connectivity index (χ1) is 7.13. The molecule has 0 fully saturated rings. The van der Waals surface area contributed by atoms with Crippen LogP contribution in [0, 0.1) is 6.92 Å². The summed E-state index contributed by atoms with van der Waals surface area (Å²) in [6.45, 7) is 8.00. The zero-order valence-electron chi connectivity index (χ0n) is 9.88. The Hall–Kier alpha value is -1.15. The Kier molecular flexibility index (Phi) is 4.50. The summed E-state index contributed by atoms with van der Waals surface area (Å²) in [5.41, 5.74) is 3.55. The predicted octanol–water partition coefficient (Wildman–Crippen LogP) is 3.01. The van der Waals surface area contributed by atoms with Crippen molar-refractivity contribution in [2.45, 2.75) is 32.7 Å². The van der Waals surface area contributed by atoms with Gasteiger partial charge in [0.25, 0.3) is 0 Å². The van der Waals surface area contributed by atoms with Crippen LogP contribution in [-0.2, 0) is 0 Å². The van der Waals surface area contributed by atoms with E-state index in [1.165, 1.54) is 11.1 Å². The van der Waals surface area contributed by atoms with Crippen molar-refractivity contribution >= 4 is 0 Å². The summed E-state index contributed by atoms with van der Waals surface area (Å²) in [6.07, 6.45) is 4.09. The Morgan fingerprint density at radius 3 is 2.73 bits per heavy atom. The highest BCUT2D eigenvalue weighted by Crippen LogP contribution is 2.19. The highest BCUT2D eigenvalue weighted by atomic mass is 14.9. The first-order valence-corrected chi connectivity index (χ1v) is 5.37. The van der Waals surface area contributed by atoms with Crippen molar-refractivity contribution in [2.24, 2.45) is 0 Å². The van der Waals surface area contributed by atoms with Crippen LogP contribution in [0.25, 0.3) is 0 Å². The molecule has 0 saturated carbocycles. The van der Waals surface area contributed by atoms with Crippen molar-refractivity contribution < 1.29 is 0 Å². The van der Waals surface area contributed by atoms with Crippen LogP contribution in [0.5, 0.6) is 0 Å². The fourth-order valence-electron chi connectivity index (χ4n) is 1.55. The molecule has 0 aromatic carbocycles. The maximum absolute atomic E-state index is 4.31. The lowest BCUT2D eigenvalue weighted by atomic mass is 10.0. The molecule has 0 saturated heterocycles. The highest BCUT2D eigenvalue weighted by molar-refractivity contribution is 5.17. The summed E-state index contributed by atoms with van der Waals surface area (Å²) in [7, 11) is 1.99. The van der Waals surface area contributed by atoms with E-state index in [2.05, 4.69) is 35.9 Å². The van der Waals surface area contributed by atoms with Crippen LogP contribution in [0.4, 0.5) is 0 Å². The van der Waals surface area contributed by atoms with Gasteiger partial charge in [-0.1, -0.05) is 11.6 Å². The molecule has 0 aliphatic rings. The molecule has 1 aromatic rings. The summed E-state index contributed by atoms with van der Waals surface area (Å²) >= 11 is 0. The van der Waals surface area contributed by atoms with E-state index in [4.69, 9.17) is 0 Å². The van der Waals surface area contributed by atoms with E-state index in [0.717, 1.165) is 18.5 Å². The SMILES string of the molecule is C=C(C)CCC(NC)c1ccc(C)nc1. The third-order valence-corrected chi connectivity index (χ3v) is 2.54. The van der Waals surface area contributed by atoms with Crippen molar-refractivity contribution in [3.63, 3.8) is 0 Å². The minimum absolute atomic E-state index is 0.384. The average Bonchev–Trinajstić information content (AvgIpc) is 2.21. The zero-order chi connectivity index (χ0) is 11.3. The fraction of sp³-hybridized carbons (Fsp3) is 0.462. The number of pyridine rings is 1. The van der Waals surface area contributed by atoms with Crippen molar-refractivity contribution in [3.05, 3.63) is 41.7 Å². The van der Waals surface area contributed by atoms with Crippen LogP contribution in [0.15, 0.2) is 30.5 Å². The summed E-state index contributed by atoms with van der Waals surface area (Å²) in [6, 6.07) is 4.58. The molecule has 82 valence electrons. The molecule has 1 atom stereocenters. The number of nitrogens with one attached hydrogen (secondary N) is 1. The number of aryl methyl sites for hydroxylation is 1. The van der Waals surface area contributed by atoms with E-state index in [1.807, 2.05) is 20.2 Å². The Morgan fingerprint density at radius 2 is 2.27 bits per heavy atom. The van der Waals surface area contributed by atoms with Gasteiger partial charge in [0.15, 0.2) is 0 Å². The number of hydrogen-bond donors (Lipinski definition) is 1. The Labute approximate surface area is 92.4 Å². The molecule has 1 N–H and O–H groups in total. The molecular formula is C13H20N2. The second-order valence-electron chi connectivity index (χ2n) is 4.07. The molecule has 0 spiro atoms. The normalized spacial score (nSPS) is 12.5. The molecule has 2 nitrogen and oxygen atoms in total. The first-order valence-electron chi connectivity index (χ1n) is 5.37. The van der Waals surface area contributed by atoms with E-state index < -0.39 is 0 Å². The number of rotatable bonds is 5. The zero-order valence-corrected chi connectivity index (χ0v) is 9.88. The van der Waals surface area contributed by atoms with E-state index in [9.17, 15) is 0 Å². The third kappa shape index (κ3) is 3.84. The lowest BCUT2D eigenvalue weighted by Crippen LogP contribution is -2.16. The van der Waals surface area contributed by atoms with E-state index >= 15 is 0 Å². The van der Waals surface area contributed by atoms with Crippen molar-refractivity contribution in [1.29, 1.82) is 0 Å². The maximum Gasteiger partial charge on any atom is 0.0372 e. The molecule has 1 heterocycles. The van der Waals surface area contributed by atoms with Gasteiger partial charge in [-0.15, -0.1) is 6.58 Å². The molecule has 0 aliphatic carbocycles. The smallest absolute Gasteiger partial charge is 0.0372 e. The second kappa shape index (κ2) is 5.66. The van der Waals surface area contributed by atoms with Crippen molar-refractivity contribution in [2.75, 3.05) is 7.05 Å². The maximum atomic E-state index is 4.31. The highest BCUT2D eigenvalue weighted by Gasteiger charge is 2.08. The fourth-order valence-corrected chi connectivity index (χ4v) is 1.55. The van der Waals surface area contributed by atoms with Crippen LogP contribution in [0.2, 0.25) is 0 Å². The molecule has 1 unspecified atom stereocenters. The second-order valence-corrected chi connectivity index (χ2v) is 4.07. The van der Waals surface area contributed by atoms with Crippen molar-refractivity contribution in [1.82, 2.24) is 10.3 Å². The molecule has 2 heteroatoms. The van der Waals surface area contributed by atoms with Gasteiger partial charge >= 0.3 is 0 Å². The first kappa shape index (κ1) is 11.9. The Bertz CT molecular complexity index is 314. The van der Waals surface area contributed by atoms with Gasteiger partial charge in [-0.3, -0.25) is 4.98 Å².